The number of rotatable bonds is 8. The fourth-order valence-corrected chi connectivity index (χ4v) is 3.64. The van der Waals surface area contributed by atoms with Gasteiger partial charge in [-0.15, -0.1) is 0 Å². The summed E-state index contributed by atoms with van der Waals surface area (Å²) in [6, 6.07) is 9.30. The van der Waals surface area contributed by atoms with E-state index in [0.29, 0.717) is 6.04 Å². The molecule has 2 unspecified atom stereocenters. The second-order valence-corrected chi connectivity index (χ2v) is 7.39. The maximum absolute atomic E-state index is 5.46. The summed E-state index contributed by atoms with van der Waals surface area (Å²) in [4.78, 5) is 7.33. The lowest BCUT2D eigenvalue weighted by Gasteiger charge is -2.27. The van der Waals surface area contributed by atoms with Crippen molar-refractivity contribution in [2.45, 2.75) is 52.2 Å². The zero-order chi connectivity index (χ0) is 18.2. The van der Waals surface area contributed by atoms with Crippen molar-refractivity contribution in [3.8, 4) is 0 Å². The van der Waals surface area contributed by atoms with Gasteiger partial charge in [-0.05, 0) is 36.8 Å². The van der Waals surface area contributed by atoms with Crippen molar-refractivity contribution >= 4 is 5.96 Å². The van der Waals surface area contributed by atoms with E-state index in [1.807, 2.05) is 0 Å². The van der Waals surface area contributed by atoms with Gasteiger partial charge in [0, 0.05) is 32.2 Å². The van der Waals surface area contributed by atoms with Gasteiger partial charge in [-0.2, -0.15) is 0 Å². The van der Waals surface area contributed by atoms with Gasteiger partial charge in [-0.1, -0.05) is 37.6 Å². The van der Waals surface area contributed by atoms with E-state index in [-0.39, 0.29) is 0 Å². The zero-order valence-electron chi connectivity index (χ0n) is 16.3. The van der Waals surface area contributed by atoms with Gasteiger partial charge in [-0.3, -0.25) is 4.90 Å². The van der Waals surface area contributed by atoms with E-state index in [9.17, 15) is 0 Å². The molecule has 0 aromatic heterocycles. The monoisotopic (exact) mass is 358 g/mol. The van der Waals surface area contributed by atoms with Crippen molar-refractivity contribution in [2.24, 2.45) is 10.9 Å². The minimum absolute atomic E-state index is 0.608. The van der Waals surface area contributed by atoms with Crippen LogP contribution in [0.3, 0.4) is 0 Å². The van der Waals surface area contributed by atoms with Gasteiger partial charge in [0.1, 0.15) is 0 Å². The SMILES string of the molecule is CCCC1CC1NC(=NCc1ccccc1CN1CCOCC1)NCC. The zero-order valence-corrected chi connectivity index (χ0v) is 16.3. The summed E-state index contributed by atoms with van der Waals surface area (Å²) in [6.45, 7) is 10.7. The van der Waals surface area contributed by atoms with Crippen LogP contribution in [-0.4, -0.2) is 49.7 Å². The van der Waals surface area contributed by atoms with E-state index < -0.39 is 0 Å². The summed E-state index contributed by atoms with van der Waals surface area (Å²) in [5.41, 5.74) is 2.70. The number of morpholine rings is 1. The van der Waals surface area contributed by atoms with Gasteiger partial charge in [0.15, 0.2) is 5.96 Å². The Morgan fingerprint density at radius 3 is 2.69 bits per heavy atom. The van der Waals surface area contributed by atoms with Crippen molar-refractivity contribution in [3.05, 3.63) is 35.4 Å². The average molecular weight is 359 g/mol. The highest BCUT2D eigenvalue weighted by Gasteiger charge is 2.36. The Balaban J connectivity index is 1.59. The summed E-state index contributed by atoms with van der Waals surface area (Å²) in [7, 11) is 0. The molecule has 3 rings (SSSR count). The highest BCUT2D eigenvalue weighted by Crippen LogP contribution is 2.34. The highest BCUT2D eigenvalue weighted by atomic mass is 16.5. The van der Waals surface area contributed by atoms with Crippen LogP contribution in [0.1, 0.15) is 44.2 Å². The molecule has 1 saturated heterocycles. The predicted octanol–water partition coefficient (Wildman–Crippen LogP) is 2.76. The second-order valence-electron chi connectivity index (χ2n) is 7.39. The maximum Gasteiger partial charge on any atom is 0.191 e. The van der Waals surface area contributed by atoms with Crippen molar-refractivity contribution in [1.29, 1.82) is 0 Å². The van der Waals surface area contributed by atoms with E-state index in [2.05, 4.69) is 53.6 Å². The quantitative estimate of drug-likeness (QED) is 0.554. The third kappa shape index (κ3) is 5.71. The van der Waals surface area contributed by atoms with Gasteiger partial charge in [0.25, 0.3) is 0 Å². The number of ether oxygens (including phenoxy) is 1. The van der Waals surface area contributed by atoms with Crippen molar-refractivity contribution in [3.63, 3.8) is 0 Å². The van der Waals surface area contributed by atoms with Crippen LogP contribution in [0.15, 0.2) is 29.3 Å². The Morgan fingerprint density at radius 2 is 1.96 bits per heavy atom. The number of nitrogens with zero attached hydrogens (tertiary/aromatic N) is 2. The lowest BCUT2D eigenvalue weighted by Crippen LogP contribution is -2.39. The van der Waals surface area contributed by atoms with E-state index in [1.165, 1.54) is 30.4 Å². The number of nitrogens with one attached hydrogen (secondary N) is 2. The van der Waals surface area contributed by atoms with E-state index >= 15 is 0 Å². The number of aliphatic imine (C=N–C) groups is 1. The fourth-order valence-electron chi connectivity index (χ4n) is 3.64. The number of benzene rings is 1. The molecule has 1 saturated carbocycles. The van der Waals surface area contributed by atoms with E-state index in [1.54, 1.807) is 0 Å². The summed E-state index contributed by atoms with van der Waals surface area (Å²) in [5.74, 6) is 1.79. The second kappa shape index (κ2) is 9.93. The van der Waals surface area contributed by atoms with Crippen molar-refractivity contribution < 1.29 is 4.74 Å². The van der Waals surface area contributed by atoms with Gasteiger partial charge in [0.2, 0.25) is 0 Å². The van der Waals surface area contributed by atoms with Crippen LogP contribution >= 0.6 is 0 Å². The molecule has 0 amide bonds. The first-order valence-corrected chi connectivity index (χ1v) is 10.2. The molecular weight excluding hydrogens is 324 g/mol. The molecule has 1 aromatic carbocycles. The van der Waals surface area contributed by atoms with Crippen LogP contribution in [0, 0.1) is 5.92 Å². The normalized spacial score (nSPS) is 23.7. The first-order valence-electron chi connectivity index (χ1n) is 10.2. The minimum Gasteiger partial charge on any atom is -0.379 e. The number of hydrogen-bond acceptors (Lipinski definition) is 3. The van der Waals surface area contributed by atoms with Gasteiger partial charge in [-0.25, -0.2) is 4.99 Å². The van der Waals surface area contributed by atoms with Crippen LogP contribution in [0.25, 0.3) is 0 Å². The Bertz CT molecular complexity index is 583. The fraction of sp³-hybridized carbons (Fsp3) is 0.667. The molecule has 2 aliphatic rings. The minimum atomic E-state index is 0.608. The lowest BCUT2D eigenvalue weighted by atomic mass is 10.1. The molecule has 0 bridgehead atoms. The molecule has 26 heavy (non-hydrogen) atoms. The molecule has 5 heteroatoms. The summed E-state index contributed by atoms with van der Waals surface area (Å²) in [6.07, 6.45) is 3.87. The van der Waals surface area contributed by atoms with Gasteiger partial charge < -0.3 is 15.4 Å². The Hall–Kier alpha value is -1.59. The van der Waals surface area contributed by atoms with E-state index in [4.69, 9.17) is 9.73 Å². The van der Waals surface area contributed by atoms with Crippen LogP contribution < -0.4 is 10.6 Å². The molecule has 1 aromatic rings. The third-order valence-electron chi connectivity index (χ3n) is 5.27. The molecule has 0 spiro atoms. The molecular formula is C21H34N4O. The van der Waals surface area contributed by atoms with Crippen LogP contribution in [0.2, 0.25) is 0 Å². The Morgan fingerprint density at radius 1 is 1.19 bits per heavy atom. The van der Waals surface area contributed by atoms with E-state index in [0.717, 1.165) is 57.8 Å². The molecule has 2 fully saturated rings. The molecule has 1 aliphatic heterocycles. The van der Waals surface area contributed by atoms with Crippen LogP contribution in [0.4, 0.5) is 0 Å². The van der Waals surface area contributed by atoms with Crippen LogP contribution in [-0.2, 0) is 17.8 Å². The first-order chi connectivity index (χ1) is 12.8. The highest BCUT2D eigenvalue weighted by molar-refractivity contribution is 5.80. The number of hydrogen-bond donors (Lipinski definition) is 2. The molecule has 0 radical (unpaired) electrons. The third-order valence-corrected chi connectivity index (χ3v) is 5.27. The predicted molar refractivity (Wildman–Crippen MR) is 107 cm³/mol. The Labute approximate surface area is 158 Å². The molecule has 144 valence electrons. The number of guanidine groups is 1. The molecule has 1 heterocycles. The lowest BCUT2D eigenvalue weighted by molar-refractivity contribution is 0.0341. The Kier molecular flexibility index (Phi) is 7.32. The molecule has 2 atom stereocenters. The molecule has 2 N–H and O–H groups in total. The molecule has 5 nitrogen and oxygen atoms in total. The maximum atomic E-state index is 5.46. The topological polar surface area (TPSA) is 48.9 Å². The van der Waals surface area contributed by atoms with Gasteiger partial charge >= 0.3 is 0 Å². The van der Waals surface area contributed by atoms with Gasteiger partial charge in [0.05, 0.1) is 19.8 Å². The standard InChI is InChI=1S/C21H34N4O/c1-3-7-17-14-20(17)24-21(22-4-2)23-15-18-8-5-6-9-19(18)16-25-10-12-26-13-11-25/h5-6,8-9,17,20H,3-4,7,10-16H2,1-2H3,(H2,22,23,24). The smallest absolute Gasteiger partial charge is 0.191 e. The van der Waals surface area contributed by atoms with Crippen molar-refractivity contribution in [1.82, 2.24) is 15.5 Å². The van der Waals surface area contributed by atoms with Crippen LogP contribution in [0.5, 0.6) is 0 Å². The summed E-state index contributed by atoms with van der Waals surface area (Å²) < 4.78 is 5.46. The average Bonchev–Trinajstić information content (AvgIpc) is 3.39. The first kappa shape index (κ1) is 19.2. The largest absolute Gasteiger partial charge is 0.379 e. The molecule has 1 aliphatic carbocycles. The summed E-state index contributed by atoms with van der Waals surface area (Å²) >= 11 is 0. The van der Waals surface area contributed by atoms with Crippen molar-refractivity contribution in [2.75, 3.05) is 32.8 Å². The summed E-state index contributed by atoms with van der Waals surface area (Å²) in [5, 5.41) is 7.01.